The summed E-state index contributed by atoms with van der Waals surface area (Å²) >= 11 is 0. The first-order valence-corrected chi connectivity index (χ1v) is 6.30. The smallest absolute Gasteiger partial charge is 0.241 e. The average Bonchev–Trinajstić information content (AvgIpc) is 2.17. The van der Waals surface area contributed by atoms with Gasteiger partial charge in [-0.2, -0.15) is 0 Å². The van der Waals surface area contributed by atoms with Gasteiger partial charge in [-0.3, -0.25) is 9.69 Å². The van der Waals surface area contributed by atoms with Crippen LogP contribution in [0.1, 0.15) is 34.6 Å². The van der Waals surface area contributed by atoms with E-state index in [0.29, 0.717) is 6.54 Å². The van der Waals surface area contributed by atoms with Crippen molar-refractivity contribution in [3.8, 4) is 0 Å². The van der Waals surface area contributed by atoms with Gasteiger partial charge < -0.3 is 10.2 Å². The molecule has 0 aromatic carbocycles. The second-order valence-electron chi connectivity index (χ2n) is 6.59. The molecule has 17 heavy (non-hydrogen) atoms. The molecule has 4 nitrogen and oxygen atoms in total. The molecule has 0 spiro atoms. The highest BCUT2D eigenvalue weighted by Gasteiger charge is 2.45. The number of amides is 1. The predicted octanol–water partition coefficient (Wildman–Crippen LogP) is 0.926. The van der Waals surface area contributed by atoms with E-state index in [-0.39, 0.29) is 23.0 Å². The van der Waals surface area contributed by atoms with Crippen molar-refractivity contribution in [2.24, 2.45) is 0 Å². The first kappa shape index (κ1) is 14.5. The fourth-order valence-corrected chi connectivity index (χ4v) is 2.33. The van der Waals surface area contributed by atoms with Crippen LogP contribution in [0, 0.1) is 0 Å². The summed E-state index contributed by atoms with van der Waals surface area (Å²) in [5.41, 5.74) is -0.0929. The van der Waals surface area contributed by atoms with E-state index in [9.17, 15) is 4.79 Å². The van der Waals surface area contributed by atoms with Gasteiger partial charge in [-0.05, 0) is 48.7 Å². The summed E-state index contributed by atoms with van der Waals surface area (Å²) in [7, 11) is 3.93. The number of likely N-dealkylation sites (N-methyl/N-ethyl adjacent to an activating group) is 2. The first-order chi connectivity index (χ1) is 7.61. The van der Waals surface area contributed by atoms with Gasteiger partial charge in [-0.25, -0.2) is 0 Å². The quantitative estimate of drug-likeness (QED) is 0.781. The van der Waals surface area contributed by atoms with Crippen LogP contribution in [-0.2, 0) is 4.79 Å². The van der Waals surface area contributed by atoms with E-state index in [2.05, 4.69) is 44.8 Å². The first-order valence-electron chi connectivity index (χ1n) is 6.30. The molecule has 0 saturated carbocycles. The van der Waals surface area contributed by atoms with E-state index in [1.807, 2.05) is 19.0 Å². The Labute approximate surface area is 105 Å². The lowest BCUT2D eigenvalue weighted by Crippen LogP contribution is -2.70. The Morgan fingerprint density at radius 1 is 1.41 bits per heavy atom. The van der Waals surface area contributed by atoms with Crippen LogP contribution in [0.15, 0.2) is 0 Å². The van der Waals surface area contributed by atoms with E-state index in [0.717, 1.165) is 6.54 Å². The molecule has 1 atom stereocenters. The summed E-state index contributed by atoms with van der Waals surface area (Å²) in [6, 6.07) is -0.0667. The van der Waals surface area contributed by atoms with Crippen molar-refractivity contribution < 1.29 is 4.79 Å². The molecule has 0 radical (unpaired) electrons. The minimum atomic E-state index is -0.110. The Bertz CT molecular complexity index is 294. The maximum Gasteiger partial charge on any atom is 0.241 e. The van der Waals surface area contributed by atoms with Crippen LogP contribution in [0.3, 0.4) is 0 Å². The van der Waals surface area contributed by atoms with Crippen LogP contribution >= 0.6 is 0 Å². The maximum absolute atomic E-state index is 12.5. The van der Waals surface area contributed by atoms with E-state index >= 15 is 0 Å². The van der Waals surface area contributed by atoms with Gasteiger partial charge >= 0.3 is 0 Å². The Kier molecular flexibility index (Phi) is 3.89. The summed E-state index contributed by atoms with van der Waals surface area (Å²) in [6.45, 7) is 12.2. The fourth-order valence-electron chi connectivity index (χ4n) is 2.33. The summed E-state index contributed by atoms with van der Waals surface area (Å²) < 4.78 is 0. The molecular formula is C13H27N3O. The number of nitrogens with one attached hydrogen (secondary N) is 1. The molecule has 1 rings (SSSR count). The molecule has 100 valence electrons. The number of nitrogens with zero attached hydrogens (tertiary/aromatic N) is 2. The SMILES string of the molecule is CNCC1C(=O)N(C(C)(C)C)CC(C)(C)N1C. The van der Waals surface area contributed by atoms with Crippen LogP contribution in [0.5, 0.6) is 0 Å². The zero-order chi connectivity index (χ0) is 13.4. The molecule has 1 aliphatic rings. The van der Waals surface area contributed by atoms with Crippen LogP contribution < -0.4 is 5.32 Å². The third kappa shape index (κ3) is 2.80. The van der Waals surface area contributed by atoms with Crippen molar-refractivity contribution in [2.75, 3.05) is 27.2 Å². The number of piperazine rings is 1. The Morgan fingerprint density at radius 3 is 2.35 bits per heavy atom. The summed E-state index contributed by atoms with van der Waals surface area (Å²) in [5, 5.41) is 3.12. The molecular weight excluding hydrogens is 214 g/mol. The molecule has 1 heterocycles. The average molecular weight is 241 g/mol. The molecule has 0 aromatic heterocycles. The number of carbonyl (C=O) groups is 1. The van der Waals surface area contributed by atoms with Gasteiger partial charge in [0.15, 0.2) is 0 Å². The van der Waals surface area contributed by atoms with E-state index in [1.165, 1.54) is 0 Å². The summed E-state index contributed by atoms with van der Waals surface area (Å²) in [4.78, 5) is 16.7. The minimum Gasteiger partial charge on any atom is -0.335 e. The molecule has 1 fully saturated rings. The molecule has 0 aliphatic carbocycles. The number of hydrogen-bond acceptors (Lipinski definition) is 3. The lowest BCUT2D eigenvalue weighted by molar-refractivity contribution is -0.154. The maximum atomic E-state index is 12.5. The number of rotatable bonds is 2. The van der Waals surface area contributed by atoms with Crippen molar-refractivity contribution >= 4 is 5.91 Å². The Morgan fingerprint density at radius 2 is 1.94 bits per heavy atom. The largest absolute Gasteiger partial charge is 0.335 e. The van der Waals surface area contributed by atoms with Gasteiger partial charge in [0.1, 0.15) is 6.04 Å². The molecule has 0 aromatic rings. The Balaban J connectivity index is 3.03. The third-order valence-electron chi connectivity index (χ3n) is 3.73. The summed E-state index contributed by atoms with van der Waals surface area (Å²) in [6.07, 6.45) is 0. The predicted molar refractivity (Wildman–Crippen MR) is 71.0 cm³/mol. The Hall–Kier alpha value is -0.610. The normalized spacial score (nSPS) is 26.4. The van der Waals surface area contributed by atoms with E-state index in [4.69, 9.17) is 0 Å². The van der Waals surface area contributed by atoms with Gasteiger partial charge in [0.25, 0.3) is 0 Å². The molecule has 1 N–H and O–H groups in total. The van der Waals surface area contributed by atoms with E-state index in [1.54, 1.807) is 0 Å². The van der Waals surface area contributed by atoms with Gasteiger partial charge in [0.05, 0.1) is 0 Å². The highest BCUT2D eigenvalue weighted by Crippen LogP contribution is 2.29. The monoisotopic (exact) mass is 241 g/mol. The second kappa shape index (κ2) is 4.58. The van der Waals surface area contributed by atoms with Crippen LogP contribution in [0.4, 0.5) is 0 Å². The highest BCUT2D eigenvalue weighted by atomic mass is 16.2. The minimum absolute atomic E-state index is 0.0166. The molecule has 1 aliphatic heterocycles. The number of hydrogen-bond donors (Lipinski definition) is 1. The molecule has 1 saturated heterocycles. The molecule has 1 unspecified atom stereocenters. The second-order valence-corrected chi connectivity index (χ2v) is 6.59. The van der Waals surface area contributed by atoms with Gasteiger partial charge in [0, 0.05) is 24.2 Å². The van der Waals surface area contributed by atoms with Gasteiger partial charge in [-0.1, -0.05) is 0 Å². The topological polar surface area (TPSA) is 35.6 Å². The number of carbonyl (C=O) groups excluding carboxylic acids is 1. The van der Waals surface area contributed by atoms with E-state index < -0.39 is 0 Å². The third-order valence-corrected chi connectivity index (χ3v) is 3.73. The van der Waals surface area contributed by atoms with Crippen molar-refractivity contribution in [1.82, 2.24) is 15.1 Å². The van der Waals surface area contributed by atoms with Crippen molar-refractivity contribution in [2.45, 2.75) is 51.7 Å². The van der Waals surface area contributed by atoms with Crippen LogP contribution in [-0.4, -0.2) is 60.0 Å². The van der Waals surface area contributed by atoms with Crippen molar-refractivity contribution in [1.29, 1.82) is 0 Å². The van der Waals surface area contributed by atoms with Gasteiger partial charge in [0.2, 0.25) is 5.91 Å². The lowest BCUT2D eigenvalue weighted by atomic mass is 9.91. The molecule has 0 bridgehead atoms. The highest BCUT2D eigenvalue weighted by molar-refractivity contribution is 5.84. The van der Waals surface area contributed by atoms with Gasteiger partial charge in [-0.15, -0.1) is 0 Å². The zero-order valence-electron chi connectivity index (χ0n) is 12.3. The standard InChI is InChI=1S/C13H27N3O/c1-12(2,3)16-9-13(4,5)15(7)10(8-14-6)11(16)17/h10,14H,8-9H2,1-7H3. The molecule has 4 heteroatoms. The van der Waals surface area contributed by atoms with Crippen molar-refractivity contribution in [3.63, 3.8) is 0 Å². The molecule has 1 amide bonds. The van der Waals surface area contributed by atoms with Crippen LogP contribution in [0.25, 0.3) is 0 Å². The fraction of sp³-hybridized carbons (Fsp3) is 0.923. The lowest BCUT2D eigenvalue weighted by Gasteiger charge is -2.53. The summed E-state index contributed by atoms with van der Waals surface area (Å²) in [5.74, 6) is 0.230. The zero-order valence-corrected chi connectivity index (χ0v) is 12.3. The van der Waals surface area contributed by atoms with Crippen molar-refractivity contribution in [3.05, 3.63) is 0 Å². The van der Waals surface area contributed by atoms with Crippen LogP contribution in [0.2, 0.25) is 0 Å².